The van der Waals surface area contributed by atoms with Crippen molar-refractivity contribution in [3.05, 3.63) is 60.7 Å². The summed E-state index contributed by atoms with van der Waals surface area (Å²) >= 11 is 0. The standard InChI is InChI=1S/C25H28N2O5/c1-6-13-27-19-10-9-18(15-21(19)32-16-25(2,3)24(27)29)26-23(28)12-8-17-7-11-20(30-4)22(14-17)31-5/h6-12,14-15H,1,13,16H2,2-5H3,(H,26,28)/b12-8+. The van der Waals surface area contributed by atoms with E-state index in [1.165, 1.54) is 6.08 Å². The number of methoxy groups -OCH3 is 2. The van der Waals surface area contributed by atoms with Gasteiger partial charge >= 0.3 is 0 Å². The van der Waals surface area contributed by atoms with E-state index >= 15 is 0 Å². The maximum absolute atomic E-state index is 12.9. The van der Waals surface area contributed by atoms with E-state index in [1.54, 1.807) is 61.6 Å². The zero-order chi connectivity index (χ0) is 23.3. The van der Waals surface area contributed by atoms with Crippen molar-refractivity contribution in [3.63, 3.8) is 0 Å². The summed E-state index contributed by atoms with van der Waals surface area (Å²) < 4.78 is 16.4. The Labute approximate surface area is 188 Å². The number of rotatable bonds is 7. The molecule has 2 amide bonds. The summed E-state index contributed by atoms with van der Waals surface area (Å²) in [7, 11) is 3.13. The number of fused-ring (bicyclic) bond motifs is 1. The molecule has 168 valence electrons. The number of nitrogens with zero attached hydrogens (tertiary/aromatic N) is 1. The van der Waals surface area contributed by atoms with E-state index in [1.807, 2.05) is 19.9 Å². The van der Waals surface area contributed by atoms with Gasteiger partial charge in [0.25, 0.3) is 0 Å². The minimum absolute atomic E-state index is 0.0363. The number of carbonyl (C=O) groups is 2. The lowest BCUT2D eigenvalue weighted by Gasteiger charge is -2.27. The van der Waals surface area contributed by atoms with Gasteiger partial charge in [-0.3, -0.25) is 9.59 Å². The van der Waals surface area contributed by atoms with Crippen LogP contribution in [0, 0.1) is 5.41 Å². The van der Waals surface area contributed by atoms with Crippen molar-refractivity contribution in [3.8, 4) is 17.2 Å². The zero-order valence-electron chi connectivity index (χ0n) is 18.8. The average molecular weight is 437 g/mol. The first-order valence-corrected chi connectivity index (χ1v) is 10.2. The first-order valence-electron chi connectivity index (χ1n) is 10.2. The predicted molar refractivity (Wildman–Crippen MR) is 125 cm³/mol. The molecule has 0 spiro atoms. The summed E-state index contributed by atoms with van der Waals surface area (Å²) in [5.41, 5.74) is 1.34. The van der Waals surface area contributed by atoms with Gasteiger partial charge < -0.3 is 24.4 Å². The first-order chi connectivity index (χ1) is 15.3. The number of carbonyl (C=O) groups excluding carboxylic acids is 2. The smallest absolute Gasteiger partial charge is 0.248 e. The van der Waals surface area contributed by atoms with E-state index in [9.17, 15) is 9.59 Å². The SMILES string of the molecule is C=CCN1C(=O)C(C)(C)COc2cc(NC(=O)/C=C/c3ccc(OC)c(OC)c3)ccc21. The predicted octanol–water partition coefficient (Wildman–Crippen LogP) is 4.29. The van der Waals surface area contributed by atoms with Crippen molar-refractivity contribution < 1.29 is 23.8 Å². The summed E-state index contributed by atoms with van der Waals surface area (Å²) in [6, 6.07) is 10.6. The van der Waals surface area contributed by atoms with Crippen molar-refractivity contribution >= 4 is 29.3 Å². The summed E-state index contributed by atoms with van der Waals surface area (Å²) in [6.07, 6.45) is 4.80. The second-order valence-corrected chi connectivity index (χ2v) is 8.00. The summed E-state index contributed by atoms with van der Waals surface area (Å²) in [5.74, 6) is 1.40. The van der Waals surface area contributed by atoms with Gasteiger partial charge in [0.1, 0.15) is 12.4 Å². The number of nitrogens with one attached hydrogen (secondary N) is 1. The van der Waals surface area contributed by atoms with E-state index in [2.05, 4.69) is 11.9 Å². The molecule has 2 aromatic rings. The Morgan fingerprint density at radius 3 is 2.62 bits per heavy atom. The number of anilines is 2. The zero-order valence-corrected chi connectivity index (χ0v) is 18.8. The van der Waals surface area contributed by atoms with Crippen LogP contribution in [0.15, 0.2) is 55.1 Å². The van der Waals surface area contributed by atoms with Gasteiger partial charge in [-0.1, -0.05) is 12.1 Å². The summed E-state index contributed by atoms with van der Waals surface area (Å²) in [4.78, 5) is 27.0. The highest BCUT2D eigenvalue weighted by Gasteiger charge is 2.37. The Hall–Kier alpha value is -3.74. The Kier molecular flexibility index (Phi) is 6.88. The Morgan fingerprint density at radius 2 is 1.94 bits per heavy atom. The molecule has 0 bridgehead atoms. The van der Waals surface area contributed by atoms with E-state index in [0.29, 0.717) is 35.2 Å². The summed E-state index contributed by atoms with van der Waals surface area (Å²) in [6.45, 7) is 8.05. The van der Waals surface area contributed by atoms with Crippen LogP contribution in [0.1, 0.15) is 19.4 Å². The van der Waals surface area contributed by atoms with Crippen molar-refractivity contribution in [2.75, 3.05) is 37.6 Å². The first kappa shape index (κ1) is 22.9. The maximum atomic E-state index is 12.9. The molecule has 7 heteroatoms. The molecule has 0 aliphatic carbocycles. The molecular formula is C25H28N2O5. The van der Waals surface area contributed by atoms with E-state index < -0.39 is 5.41 Å². The highest BCUT2D eigenvalue weighted by atomic mass is 16.5. The minimum Gasteiger partial charge on any atom is -0.493 e. The number of amides is 2. The second kappa shape index (κ2) is 9.60. The molecule has 1 aliphatic rings. The third-order valence-corrected chi connectivity index (χ3v) is 5.08. The molecule has 7 nitrogen and oxygen atoms in total. The molecule has 1 aliphatic heterocycles. The van der Waals surface area contributed by atoms with Crippen LogP contribution < -0.4 is 24.4 Å². The molecule has 0 saturated carbocycles. The number of hydrogen-bond acceptors (Lipinski definition) is 5. The quantitative estimate of drug-likeness (QED) is 0.517. The van der Waals surface area contributed by atoms with Crippen LogP contribution in [-0.2, 0) is 9.59 Å². The fraction of sp³-hybridized carbons (Fsp3) is 0.280. The van der Waals surface area contributed by atoms with Gasteiger partial charge in [-0.05, 0) is 49.8 Å². The number of benzene rings is 2. The Bertz CT molecular complexity index is 1060. The van der Waals surface area contributed by atoms with Gasteiger partial charge in [0, 0.05) is 24.4 Å². The number of hydrogen-bond donors (Lipinski definition) is 1. The molecule has 32 heavy (non-hydrogen) atoms. The molecule has 1 N–H and O–H groups in total. The Morgan fingerprint density at radius 1 is 1.19 bits per heavy atom. The second-order valence-electron chi connectivity index (χ2n) is 8.00. The van der Waals surface area contributed by atoms with Crippen LogP contribution >= 0.6 is 0 Å². The number of ether oxygens (including phenoxy) is 3. The van der Waals surface area contributed by atoms with Crippen LogP contribution in [0.5, 0.6) is 17.2 Å². The topological polar surface area (TPSA) is 77.1 Å². The largest absolute Gasteiger partial charge is 0.493 e. The molecule has 0 fully saturated rings. The van der Waals surface area contributed by atoms with E-state index in [0.717, 1.165) is 5.56 Å². The van der Waals surface area contributed by atoms with Crippen LogP contribution in [0.25, 0.3) is 6.08 Å². The molecular weight excluding hydrogens is 408 g/mol. The van der Waals surface area contributed by atoms with Gasteiger partial charge in [-0.25, -0.2) is 0 Å². The molecule has 3 rings (SSSR count). The highest BCUT2D eigenvalue weighted by molar-refractivity contribution is 6.03. The van der Waals surface area contributed by atoms with Crippen molar-refractivity contribution in [1.82, 2.24) is 0 Å². The average Bonchev–Trinajstić information content (AvgIpc) is 2.87. The highest BCUT2D eigenvalue weighted by Crippen LogP contribution is 2.38. The summed E-state index contributed by atoms with van der Waals surface area (Å²) in [5, 5.41) is 2.83. The van der Waals surface area contributed by atoms with Crippen molar-refractivity contribution in [1.29, 1.82) is 0 Å². The molecule has 2 aromatic carbocycles. The van der Waals surface area contributed by atoms with Gasteiger partial charge in [0.2, 0.25) is 11.8 Å². The molecule has 1 heterocycles. The third kappa shape index (κ3) is 4.94. The van der Waals surface area contributed by atoms with Gasteiger partial charge in [0.15, 0.2) is 11.5 Å². The van der Waals surface area contributed by atoms with Gasteiger partial charge in [-0.15, -0.1) is 6.58 Å². The molecule has 0 saturated heterocycles. The van der Waals surface area contributed by atoms with Crippen LogP contribution in [0.2, 0.25) is 0 Å². The van der Waals surface area contributed by atoms with E-state index in [4.69, 9.17) is 14.2 Å². The molecule has 0 atom stereocenters. The van der Waals surface area contributed by atoms with Crippen molar-refractivity contribution in [2.45, 2.75) is 13.8 Å². The fourth-order valence-corrected chi connectivity index (χ4v) is 3.35. The van der Waals surface area contributed by atoms with Gasteiger partial charge in [-0.2, -0.15) is 0 Å². The van der Waals surface area contributed by atoms with Gasteiger partial charge in [0.05, 0.1) is 25.3 Å². The molecule has 0 aromatic heterocycles. The Balaban J connectivity index is 1.77. The lowest BCUT2D eigenvalue weighted by Crippen LogP contribution is -2.42. The normalized spacial score (nSPS) is 14.9. The fourth-order valence-electron chi connectivity index (χ4n) is 3.35. The third-order valence-electron chi connectivity index (χ3n) is 5.08. The molecule has 0 unspecified atom stereocenters. The molecule has 0 radical (unpaired) electrons. The monoisotopic (exact) mass is 436 g/mol. The van der Waals surface area contributed by atoms with E-state index in [-0.39, 0.29) is 18.4 Å². The van der Waals surface area contributed by atoms with Crippen LogP contribution in [-0.4, -0.2) is 39.2 Å². The van der Waals surface area contributed by atoms with Crippen molar-refractivity contribution in [2.24, 2.45) is 5.41 Å². The lowest BCUT2D eigenvalue weighted by molar-refractivity contribution is -0.127. The van der Waals surface area contributed by atoms with Crippen LogP contribution in [0.3, 0.4) is 0 Å². The minimum atomic E-state index is -0.673. The maximum Gasteiger partial charge on any atom is 0.248 e. The van der Waals surface area contributed by atoms with Crippen LogP contribution in [0.4, 0.5) is 11.4 Å². The lowest BCUT2D eigenvalue weighted by atomic mass is 9.93.